The van der Waals surface area contributed by atoms with Crippen molar-refractivity contribution in [1.82, 2.24) is 0 Å². The number of aromatic hydroxyl groups is 1. The fourth-order valence-electron chi connectivity index (χ4n) is 1.23. The number of esters is 1. The summed E-state index contributed by atoms with van der Waals surface area (Å²) >= 11 is 0. The van der Waals surface area contributed by atoms with E-state index < -0.39 is 11.9 Å². The summed E-state index contributed by atoms with van der Waals surface area (Å²) in [5, 5.41) is 17.9. The van der Waals surface area contributed by atoms with E-state index in [0.717, 1.165) is 0 Å². The van der Waals surface area contributed by atoms with Crippen LogP contribution in [-0.2, 0) is 9.53 Å². The van der Waals surface area contributed by atoms with Crippen LogP contribution in [0.4, 0.5) is 0 Å². The van der Waals surface area contributed by atoms with Crippen molar-refractivity contribution >= 4 is 18.0 Å². The van der Waals surface area contributed by atoms with Crippen molar-refractivity contribution in [3.05, 3.63) is 35.4 Å². The SMILES string of the molecule is COC(=O)c1cc(C=CCC(=O)O)ccc1O. The highest BCUT2D eigenvalue weighted by Crippen LogP contribution is 2.20. The summed E-state index contributed by atoms with van der Waals surface area (Å²) in [6.45, 7) is 0. The molecule has 1 aromatic rings. The number of methoxy groups -OCH3 is 1. The maximum Gasteiger partial charge on any atom is 0.341 e. The number of hydrogen-bond acceptors (Lipinski definition) is 4. The number of hydrogen-bond donors (Lipinski definition) is 2. The highest BCUT2D eigenvalue weighted by Gasteiger charge is 2.11. The Morgan fingerprint density at radius 1 is 1.41 bits per heavy atom. The van der Waals surface area contributed by atoms with Crippen molar-refractivity contribution in [1.29, 1.82) is 0 Å². The number of phenolic OH excluding ortho intramolecular Hbond substituents is 1. The van der Waals surface area contributed by atoms with Crippen LogP contribution in [0, 0.1) is 0 Å². The van der Waals surface area contributed by atoms with Crippen molar-refractivity contribution in [3.63, 3.8) is 0 Å². The van der Waals surface area contributed by atoms with Crippen molar-refractivity contribution in [2.45, 2.75) is 6.42 Å². The van der Waals surface area contributed by atoms with Gasteiger partial charge in [-0.2, -0.15) is 0 Å². The molecule has 0 aliphatic carbocycles. The molecule has 1 rings (SSSR count). The number of carboxylic acid groups (broad SMARTS) is 1. The van der Waals surface area contributed by atoms with E-state index in [0.29, 0.717) is 5.56 Å². The molecule has 0 fully saturated rings. The third-order valence-electron chi connectivity index (χ3n) is 2.03. The average Bonchev–Trinajstić information content (AvgIpc) is 2.30. The van der Waals surface area contributed by atoms with Gasteiger partial charge in [0.1, 0.15) is 11.3 Å². The molecule has 0 aromatic heterocycles. The molecule has 0 amide bonds. The van der Waals surface area contributed by atoms with Gasteiger partial charge in [-0.25, -0.2) is 4.79 Å². The molecule has 0 bridgehead atoms. The zero-order valence-corrected chi connectivity index (χ0v) is 9.21. The number of carboxylic acids is 1. The van der Waals surface area contributed by atoms with E-state index in [1.165, 1.54) is 25.3 Å². The molecule has 1 aromatic carbocycles. The molecule has 0 atom stereocenters. The van der Waals surface area contributed by atoms with Gasteiger partial charge < -0.3 is 14.9 Å². The summed E-state index contributed by atoms with van der Waals surface area (Å²) in [5.41, 5.74) is 0.662. The standard InChI is InChI=1S/C12H12O5/c1-17-12(16)9-7-8(5-6-10(9)13)3-2-4-11(14)15/h2-3,5-7,13H,4H2,1H3,(H,14,15). The van der Waals surface area contributed by atoms with Crippen molar-refractivity contribution < 1.29 is 24.5 Å². The Kier molecular flexibility index (Phi) is 4.28. The lowest BCUT2D eigenvalue weighted by molar-refractivity contribution is -0.135. The third kappa shape index (κ3) is 3.64. The maximum atomic E-state index is 11.3. The first-order valence-electron chi connectivity index (χ1n) is 4.84. The van der Waals surface area contributed by atoms with Crippen molar-refractivity contribution in [3.8, 4) is 5.75 Å². The first-order valence-corrected chi connectivity index (χ1v) is 4.84. The van der Waals surface area contributed by atoms with Crippen LogP contribution in [0.25, 0.3) is 6.08 Å². The Morgan fingerprint density at radius 2 is 2.12 bits per heavy atom. The van der Waals surface area contributed by atoms with Gasteiger partial charge in [-0.15, -0.1) is 0 Å². The number of ether oxygens (including phenoxy) is 1. The van der Waals surface area contributed by atoms with Crippen molar-refractivity contribution in [2.24, 2.45) is 0 Å². The van der Waals surface area contributed by atoms with Crippen LogP contribution in [0.5, 0.6) is 5.75 Å². The van der Waals surface area contributed by atoms with Crippen LogP contribution in [0.1, 0.15) is 22.3 Å². The average molecular weight is 236 g/mol. The van der Waals surface area contributed by atoms with Gasteiger partial charge in [0.2, 0.25) is 0 Å². The minimum atomic E-state index is -0.937. The lowest BCUT2D eigenvalue weighted by atomic mass is 10.1. The molecule has 0 saturated carbocycles. The van der Waals surface area contributed by atoms with Gasteiger partial charge in [0, 0.05) is 0 Å². The van der Waals surface area contributed by atoms with Gasteiger partial charge in [0.05, 0.1) is 13.5 Å². The smallest absolute Gasteiger partial charge is 0.341 e. The molecule has 0 aliphatic heterocycles. The van der Waals surface area contributed by atoms with Crippen LogP contribution in [-0.4, -0.2) is 29.3 Å². The Bertz CT molecular complexity index is 462. The number of carbonyl (C=O) groups excluding carboxylic acids is 1. The van der Waals surface area contributed by atoms with Crippen LogP contribution in [0.2, 0.25) is 0 Å². The van der Waals surface area contributed by atoms with E-state index in [9.17, 15) is 14.7 Å². The summed E-state index contributed by atoms with van der Waals surface area (Å²) < 4.78 is 4.50. The number of aliphatic carboxylic acids is 1. The summed E-state index contributed by atoms with van der Waals surface area (Å²) in [5.74, 6) is -1.75. The topological polar surface area (TPSA) is 83.8 Å². The molecule has 0 unspecified atom stereocenters. The molecule has 17 heavy (non-hydrogen) atoms. The second-order valence-corrected chi connectivity index (χ2v) is 3.27. The summed E-state index contributed by atoms with van der Waals surface area (Å²) in [6.07, 6.45) is 2.91. The second kappa shape index (κ2) is 5.69. The Balaban J connectivity index is 2.92. The van der Waals surface area contributed by atoms with Gasteiger partial charge in [-0.05, 0) is 17.7 Å². The van der Waals surface area contributed by atoms with Gasteiger partial charge in [0.15, 0.2) is 0 Å². The lowest BCUT2D eigenvalue weighted by Crippen LogP contribution is -2.01. The zero-order valence-electron chi connectivity index (χ0n) is 9.21. The van der Waals surface area contributed by atoms with Gasteiger partial charge in [0.25, 0.3) is 0 Å². The molecule has 0 saturated heterocycles. The summed E-state index contributed by atoms with van der Waals surface area (Å²) in [7, 11) is 1.22. The Morgan fingerprint density at radius 3 is 2.71 bits per heavy atom. The molecule has 0 radical (unpaired) electrons. The molecule has 2 N–H and O–H groups in total. The number of phenols is 1. The van der Waals surface area contributed by atoms with Gasteiger partial charge >= 0.3 is 11.9 Å². The molecule has 0 spiro atoms. The molecule has 5 heteroatoms. The molecule has 0 aliphatic rings. The van der Waals surface area contributed by atoms with E-state index in [1.54, 1.807) is 12.1 Å². The lowest BCUT2D eigenvalue weighted by Gasteiger charge is -2.03. The number of carbonyl (C=O) groups is 2. The van der Waals surface area contributed by atoms with Crippen molar-refractivity contribution in [2.75, 3.05) is 7.11 Å². The zero-order chi connectivity index (χ0) is 12.8. The first-order chi connectivity index (χ1) is 8.04. The highest BCUT2D eigenvalue weighted by atomic mass is 16.5. The largest absolute Gasteiger partial charge is 0.507 e. The van der Waals surface area contributed by atoms with Crippen LogP contribution in [0.15, 0.2) is 24.3 Å². The van der Waals surface area contributed by atoms with Gasteiger partial charge in [-0.1, -0.05) is 18.2 Å². The minimum Gasteiger partial charge on any atom is -0.507 e. The predicted octanol–water partition coefficient (Wildman–Crippen LogP) is 1.67. The second-order valence-electron chi connectivity index (χ2n) is 3.27. The number of rotatable bonds is 4. The maximum absolute atomic E-state index is 11.3. The summed E-state index contributed by atoms with van der Waals surface area (Å²) in [6, 6.07) is 4.35. The monoisotopic (exact) mass is 236 g/mol. The van der Waals surface area contributed by atoms with E-state index in [4.69, 9.17) is 5.11 Å². The normalized spacial score (nSPS) is 10.4. The molecular weight excluding hydrogens is 224 g/mol. The Labute approximate surface area is 98.0 Å². The fraction of sp³-hybridized carbons (Fsp3) is 0.167. The first kappa shape index (κ1) is 12.8. The van der Waals surface area contributed by atoms with E-state index in [-0.39, 0.29) is 17.7 Å². The van der Waals surface area contributed by atoms with E-state index >= 15 is 0 Å². The molecule has 0 heterocycles. The highest BCUT2D eigenvalue weighted by molar-refractivity contribution is 5.93. The molecular formula is C12H12O5. The van der Waals surface area contributed by atoms with Crippen LogP contribution >= 0.6 is 0 Å². The molecule has 90 valence electrons. The number of benzene rings is 1. The molecule has 5 nitrogen and oxygen atoms in total. The van der Waals surface area contributed by atoms with Crippen LogP contribution in [0.3, 0.4) is 0 Å². The van der Waals surface area contributed by atoms with Crippen LogP contribution < -0.4 is 0 Å². The van der Waals surface area contributed by atoms with E-state index in [1.807, 2.05) is 0 Å². The summed E-state index contributed by atoms with van der Waals surface area (Å²) in [4.78, 5) is 21.6. The van der Waals surface area contributed by atoms with E-state index in [2.05, 4.69) is 4.74 Å². The Hall–Kier alpha value is -2.30. The van der Waals surface area contributed by atoms with Gasteiger partial charge in [-0.3, -0.25) is 4.79 Å². The third-order valence-corrected chi connectivity index (χ3v) is 2.03. The quantitative estimate of drug-likeness (QED) is 0.777. The fourth-order valence-corrected chi connectivity index (χ4v) is 1.23. The minimum absolute atomic E-state index is 0.0463. The predicted molar refractivity (Wildman–Crippen MR) is 60.7 cm³/mol.